The lowest BCUT2D eigenvalue weighted by atomic mass is 9.75. The van der Waals surface area contributed by atoms with Crippen LogP contribution in [0.15, 0.2) is 78.9 Å². The molecule has 116 valence electrons. The molecule has 2 aliphatic rings. The lowest BCUT2D eigenvalue weighted by Crippen LogP contribution is -2.26. The Balaban J connectivity index is 1.66. The summed E-state index contributed by atoms with van der Waals surface area (Å²) in [5.74, 6) is 0.0575. The monoisotopic (exact) mass is 312 g/mol. The maximum atomic E-state index is 13.0. The highest BCUT2D eigenvalue weighted by Crippen LogP contribution is 2.57. The quantitative estimate of drug-likeness (QED) is 0.526. The minimum absolute atomic E-state index is 0.0575. The van der Waals surface area contributed by atoms with E-state index in [9.17, 15) is 4.79 Å². The number of ketones is 1. The van der Waals surface area contributed by atoms with Gasteiger partial charge in [-0.2, -0.15) is 0 Å². The summed E-state index contributed by atoms with van der Waals surface area (Å²) in [7, 11) is 0. The summed E-state index contributed by atoms with van der Waals surface area (Å²) in [6, 6.07) is 26.1. The summed E-state index contributed by atoms with van der Waals surface area (Å²) >= 11 is 0. The van der Waals surface area contributed by atoms with Gasteiger partial charge in [-0.05, 0) is 28.7 Å². The largest absolute Gasteiger partial charge is 0.347 e. The van der Waals surface area contributed by atoms with Gasteiger partial charge in [0.15, 0.2) is 17.5 Å². The fourth-order valence-electron chi connectivity index (χ4n) is 3.98. The molecule has 2 heteroatoms. The third-order valence-electron chi connectivity index (χ3n) is 5.13. The van der Waals surface area contributed by atoms with Crippen molar-refractivity contribution in [3.05, 3.63) is 107 Å². The topological polar surface area (TPSA) is 29.6 Å². The highest BCUT2D eigenvalue weighted by atomic mass is 16.6. The first-order chi connectivity index (χ1) is 11.8. The zero-order valence-electron chi connectivity index (χ0n) is 13.1. The van der Waals surface area contributed by atoms with E-state index in [-0.39, 0.29) is 5.78 Å². The normalized spacial score (nSPS) is 19.4. The van der Waals surface area contributed by atoms with Crippen LogP contribution in [0, 0.1) is 0 Å². The number of epoxide rings is 1. The molecule has 1 spiro atoms. The Morgan fingerprint density at radius 3 is 1.96 bits per heavy atom. The Hall–Kier alpha value is -2.71. The second kappa shape index (κ2) is 4.89. The third kappa shape index (κ3) is 1.78. The molecule has 0 amide bonds. The molecule has 0 bridgehead atoms. The van der Waals surface area contributed by atoms with Gasteiger partial charge in [-0.25, -0.2) is 0 Å². The molecule has 0 saturated carbocycles. The van der Waals surface area contributed by atoms with Crippen molar-refractivity contribution in [2.75, 3.05) is 0 Å². The first kappa shape index (κ1) is 13.7. The van der Waals surface area contributed by atoms with Crippen LogP contribution in [0.25, 0.3) is 0 Å². The van der Waals surface area contributed by atoms with Crippen molar-refractivity contribution in [2.24, 2.45) is 0 Å². The van der Waals surface area contributed by atoms with Crippen molar-refractivity contribution < 1.29 is 9.53 Å². The van der Waals surface area contributed by atoms with Crippen LogP contribution in [0.1, 0.15) is 32.6 Å². The number of benzene rings is 3. The average Bonchev–Trinajstić information content (AvgIpc) is 3.38. The number of rotatable bonds is 2. The molecule has 1 fully saturated rings. The Morgan fingerprint density at radius 1 is 0.792 bits per heavy atom. The van der Waals surface area contributed by atoms with Crippen LogP contribution in [0.2, 0.25) is 0 Å². The van der Waals surface area contributed by atoms with Gasteiger partial charge in [0.25, 0.3) is 0 Å². The van der Waals surface area contributed by atoms with Crippen molar-refractivity contribution in [2.45, 2.75) is 18.1 Å². The van der Waals surface area contributed by atoms with Crippen molar-refractivity contribution in [1.29, 1.82) is 0 Å². The second-order valence-corrected chi connectivity index (χ2v) is 6.45. The summed E-state index contributed by atoms with van der Waals surface area (Å²) < 4.78 is 6.17. The minimum Gasteiger partial charge on any atom is -0.347 e. The van der Waals surface area contributed by atoms with Crippen LogP contribution in [-0.4, -0.2) is 11.9 Å². The first-order valence-corrected chi connectivity index (χ1v) is 8.24. The van der Waals surface area contributed by atoms with Crippen LogP contribution in [-0.2, 0) is 16.8 Å². The van der Waals surface area contributed by atoms with Gasteiger partial charge in [0.2, 0.25) is 0 Å². The second-order valence-electron chi connectivity index (χ2n) is 6.45. The molecule has 1 atom stereocenters. The smallest absolute Gasteiger partial charge is 0.195 e. The van der Waals surface area contributed by atoms with E-state index in [4.69, 9.17) is 4.74 Å². The number of carbonyl (C=O) groups is 1. The molecule has 3 aromatic rings. The Bertz CT molecular complexity index is 897. The molecule has 1 aliphatic carbocycles. The number of Topliss-reactive ketones (excluding diaryl/α,β-unsaturated/α-hetero) is 1. The number of hydrogen-bond acceptors (Lipinski definition) is 2. The third-order valence-corrected chi connectivity index (χ3v) is 5.13. The Labute approximate surface area is 140 Å². The number of ether oxygens (including phenoxy) is 1. The van der Waals surface area contributed by atoms with Crippen molar-refractivity contribution in [1.82, 2.24) is 0 Å². The van der Waals surface area contributed by atoms with E-state index in [1.807, 2.05) is 42.5 Å². The lowest BCUT2D eigenvalue weighted by Gasteiger charge is -2.26. The summed E-state index contributed by atoms with van der Waals surface area (Å²) in [6.07, 6.45) is 0.450. The SMILES string of the molecule is O=C(c1ccccc1)[C@@H]1OC12c1ccccc1Cc1ccccc12. The number of carbonyl (C=O) groups excluding carboxylic acids is 1. The van der Waals surface area contributed by atoms with E-state index in [1.165, 1.54) is 11.1 Å². The summed E-state index contributed by atoms with van der Waals surface area (Å²) in [6.45, 7) is 0. The van der Waals surface area contributed by atoms with Crippen LogP contribution >= 0.6 is 0 Å². The van der Waals surface area contributed by atoms with Gasteiger partial charge in [-0.3, -0.25) is 4.79 Å². The molecule has 1 heterocycles. The number of fused-ring (bicyclic) bond motifs is 4. The number of hydrogen-bond donors (Lipinski definition) is 0. The van der Waals surface area contributed by atoms with E-state index >= 15 is 0 Å². The maximum Gasteiger partial charge on any atom is 0.195 e. The molecule has 24 heavy (non-hydrogen) atoms. The van der Waals surface area contributed by atoms with Gasteiger partial charge < -0.3 is 4.74 Å². The van der Waals surface area contributed by atoms with E-state index in [0.29, 0.717) is 5.56 Å². The molecule has 5 rings (SSSR count). The van der Waals surface area contributed by atoms with E-state index in [2.05, 4.69) is 36.4 Å². The molecule has 0 N–H and O–H groups in total. The molecule has 0 radical (unpaired) electrons. The molecular formula is C22H16O2. The van der Waals surface area contributed by atoms with E-state index in [1.54, 1.807) is 0 Å². The van der Waals surface area contributed by atoms with E-state index < -0.39 is 11.7 Å². The fourth-order valence-corrected chi connectivity index (χ4v) is 3.98. The maximum absolute atomic E-state index is 13.0. The van der Waals surface area contributed by atoms with Gasteiger partial charge in [0.1, 0.15) is 0 Å². The van der Waals surface area contributed by atoms with Gasteiger partial charge in [0, 0.05) is 5.56 Å². The fraction of sp³-hybridized carbons (Fsp3) is 0.136. The van der Waals surface area contributed by atoms with E-state index in [0.717, 1.165) is 17.5 Å². The van der Waals surface area contributed by atoms with Crippen molar-refractivity contribution in [3.63, 3.8) is 0 Å². The molecule has 1 saturated heterocycles. The zero-order chi connectivity index (χ0) is 16.1. The predicted octanol–water partition coefficient (Wildman–Crippen LogP) is 4.12. The lowest BCUT2D eigenvalue weighted by molar-refractivity contribution is 0.0953. The first-order valence-electron chi connectivity index (χ1n) is 8.24. The predicted molar refractivity (Wildman–Crippen MR) is 92.1 cm³/mol. The van der Waals surface area contributed by atoms with Gasteiger partial charge in [-0.15, -0.1) is 0 Å². The van der Waals surface area contributed by atoms with Crippen LogP contribution in [0.5, 0.6) is 0 Å². The van der Waals surface area contributed by atoms with Gasteiger partial charge in [0.05, 0.1) is 0 Å². The van der Waals surface area contributed by atoms with Crippen LogP contribution < -0.4 is 0 Å². The summed E-state index contributed by atoms with van der Waals surface area (Å²) in [4.78, 5) is 13.0. The average molecular weight is 312 g/mol. The molecule has 1 aliphatic heterocycles. The molecular weight excluding hydrogens is 296 g/mol. The summed E-state index contributed by atoms with van der Waals surface area (Å²) in [5.41, 5.74) is 4.87. The van der Waals surface area contributed by atoms with Gasteiger partial charge in [-0.1, -0.05) is 78.9 Å². The molecule has 3 aromatic carbocycles. The zero-order valence-corrected chi connectivity index (χ0v) is 13.1. The summed E-state index contributed by atoms with van der Waals surface area (Å²) in [5, 5.41) is 0. The minimum atomic E-state index is -0.613. The Morgan fingerprint density at radius 2 is 1.33 bits per heavy atom. The highest BCUT2D eigenvalue weighted by molar-refractivity contribution is 6.03. The standard InChI is InChI=1S/C22H16O2/c23-20(15-8-2-1-3-9-15)21-22(24-21)18-12-6-4-10-16(18)14-17-11-5-7-13-19(17)22/h1-13,21H,14H2/t21-/m0/s1. The molecule has 0 unspecified atom stereocenters. The van der Waals surface area contributed by atoms with Crippen LogP contribution in [0.3, 0.4) is 0 Å². The highest BCUT2D eigenvalue weighted by Gasteiger charge is 2.65. The Kier molecular flexibility index (Phi) is 2.79. The van der Waals surface area contributed by atoms with Crippen molar-refractivity contribution >= 4 is 5.78 Å². The van der Waals surface area contributed by atoms with Crippen LogP contribution in [0.4, 0.5) is 0 Å². The van der Waals surface area contributed by atoms with Gasteiger partial charge >= 0.3 is 0 Å². The molecule has 2 nitrogen and oxygen atoms in total. The van der Waals surface area contributed by atoms with Crippen molar-refractivity contribution in [3.8, 4) is 0 Å². The molecule has 0 aromatic heterocycles.